The first-order chi connectivity index (χ1) is 8.41. The summed E-state index contributed by atoms with van der Waals surface area (Å²) < 4.78 is 38.8. The van der Waals surface area contributed by atoms with E-state index in [1.807, 2.05) is 0 Å². The molecule has 1 aromatic rings. The maximum absolute atomic E-state index is 12.8. The lowest BCUT2D eigenvalue weighted by Gasteiger charge is -2.10. The van der Waals surface area contributed by atoms with Crippen molar-refractivity contribution in [3.05, 3.63) is 18.2 Å². The van der Waals surface area contributed by atoms with Gasteiger partial charge in [-0.1, -0.05) is 0 Å². The number of benzene rings is 1. The van der Waals surface area contributed by atoms with Crippen LogP contribution in [-0.4, -0.2) is 25.4 Å². The SMILES string of the molecule is COC(C)C(=O)Nc1ccc2c(c1)OC(F)(F)O2. The van der Waals surface area contributed by atoms with E-state index in [9.17, 15) is 13.6 Å². The van der Waals surface area contributed by atoms with E-state index in [2.05, 4.69) is 14.8 Å². The van der Waals surface area contributed by atoms with Crippen LogP contribution in [0.15, 0.2) is 18.2 Å². The number of amides is 1. The molecule has 1 unspecified atom stereocenters. The minimum atomic E-state index is -3.66. The Kier molecular flexibility index (Phi) is 3.08. The number of rotatable bonds is 3. The van der Waals surface area contributed by atoms with Gasteiger partial charge in [0.05, 0.1) is 0 Å². The number of nitrogens with one attached hydrogen (secondary N) is 1. The highest BCUT2D eigenvalue weighted by Gasteiger charge is 2.43. The van der Waals surface area contributed by atoms with E-state index in [-0.39, 0.29) is 17.4 Å². The normalized spacial score (nSPS) is 17.3. The van der Waals surface area contributed by atoms with E-state index in [1.165, 1.54) is 25.3 Å². The van der Waals surface area contributed by atoms with Crippen LogP contribution in [0, 0.1) is 0 Å². The molecule has 0 saturated heterocycles. The molecule has 0 aromatic heterocycles. The molecular weight excluding hydrogens is 248 g/mol. The number of ether oxygens (including phenoxy) is 3. The minimum absolute atomic E-state index is 0.0715. The predicted molar refractivity (Wildman–Crippen MR) is 57.7 cm³/mol. The summed E-state index contributed by atoms with van der Waals surface area (Å²) in [5.41, 5.74) is 0.323. The van der Waals surface area contributed by atoms with Crippen molar-refractivity contribution in [1.29, 1.82) is 0 Å². The first-order valence-electron chi connectivity index (χ1n) is 5.15. The van der Waals surface area contributed by atoms with Gasteiger partial charge in [-0.2, -0.15) is 0 Å². The molecule has 1 aliphatic rings. The van der Waals surface area contributed by atoms with Crippen LogP contribution in [0.2, 0.25) is 0 Å². The third-order valence-electron chi connectivity index (χ3n) is 2.39. The second-order valence-corrected chi connectivity index (χ2v) is 3.70. The average Bonchev–Trinajstić information content (AvgIpc) is 2.61. The fourth-order valence-corrected chi connectivity index (χ4v) is 1.38. The summed E-state index contributed by atoms with van der Waals surface area (Å²) in [6.45, 7) is 1.57. The number of fused-ring (bicyclic) bond motifs is 1. The molecule has 0 fully saturated rings. The van der Waals surface area contributed by atoms with E-state index in [0.29, 0.717) is 5.69 Å². The Balaban J connectivity index is 2.12. The van der Waals surface area contributed by atoms with Crippen LogP contribution in [-0.2, 0) is 9.53 Å². The Morgan fingerprint density at radius 1 is 1.39 bits per heavy atom. The lowest BCUT2D eigenvalue weighted by atomic mass is 10.2. The largest absolute Gasteiger partial charge is 0.586 e. The molecule has 0 spiro atoms. The number of hydrogen-bond acceptors (Lipinski definition) is 4. The molecule has 0 saturated carbocycles. The Morgan fingerprint density at radius 3 is 2.72 bits per heavy atom. The number of hydrogen-bond donors (Lipinski definition) is 1. The standard InChI is InChI=1S/C11H11F2NO4/c1-6(16-2)10(15)14-7-3-4-8-9(5-7)18-11(12,13)17-8/h3-6H,1-2H3,(H,14,15). The van der Waals surface area contributed by atoms with Crippen molar-refractivity contribution in [2.24, 2.45) is 0 Å². The van der Waals surface area contributed by atoms with Crippen LogP contribution >= 0.6 is 0 Å². The highest BCUT2D eigenvalue weighted by Crippen LogP contribution is 2.42. The highest BCUT2D eigenvalue weighted by molar-refractivity contribution is 5.94. The lowest BCUT2D eigenvalue weighted by Crippen LogP contribution is -2.26. The molecule has 18 heavy (non-hydrogen) atoms. The van der Waals surface area contributed by atoms with Crippen molar-refractivity contribution < 1.29 is 27.8 Å². The van der Waals surface area contributed by atoms with Crippen LogP contribution in [0.25, 0.3) is 0 Å². The van der Waals surface area contributed by atoms with Crippen molar-refractivity contribution in [2.45, 2.75) is 19.3 Å². The van der Waals surface area contributed by atoms with Gasteiger partial charge in [0, 0.05) is 18.9 Å². The Bertz CT molecular complexity index is 478. The van der Waals surface area contributed by atoms with E-state index in [4.69, 9.17) is 4.74 Å². The van der Waals surface area contributed by atoms with Crippen LogP contribution < -0.4 is 14.8 Å². The molecule has 1 atom stereocenters. The Labute approximate surface area is 102 Å². The quantitative estimate of drug-likeness (QED) is 0.901. The molecule has 1 heterocycles. The monoisotopic (exact) mass is 259 g/mol. The second kappa shape index (κ2) is 4.41. The van der Waals surface area contributed by atoms with Crippen LogP contribution in [0.5, 0.6) is 11.5 Å². The number of methoxy groups -OCH3 is 1. The molecule has 98 valence electrons. The molecule has 1 aromatic carbocycles. The van der Waals surface area contributed by atoms with Crippen molar-refractivity contribution in [3.63, 3.8) is 0 Å². The molecule has 1 aliphatic heterocycles. The second-order valence-electron chi connectivity index (χ2n) is 3.70. The summed E-state index contributed by atoms with van der Waals surface area (Å²) in [5, 5.41) is 2.51. The third kappa shape index (κ3) is 2.51. The molecule has 1 N–H and O–H groups in total. The van der Waals surface area contributed by atoms with Gasteiger partial charge in [-0.3, -0.25) is 4.79 Å². The zero-order valence-electron chi connectivity index (χ0n) is 9.70. The summed E-state index contributed by atoms with van der Waals surface area (Å²) >= 11 is 0. The van der Waals surface area contributed by atoms with E-state index in [0.717, 1.165) is 0 Å². The molecule has 0 bridgehead atoms. The summed E-state index contributed by atoms with van der Waals surface area (Å²) in [5.74, 6) is -0.580. The average molecular weight is 259 g/mol. The molecule has 0 radical (unpaired) electrons. The lowest BCUT2D eigenvalue weighted by molar-refractivity contribution is -0.286. The fourth-order valence-electron chi connectivity index (χ4n) is 1.38. The maximum Gasteiger partial charge on any atom is 0.586 e. The maximum atomic E-state index is 12.8. The van der Waals surface area contributed by atoms with Gasteiger partial charge < -0.3 is 19.5 Å². The van der Waals surface area contributed by atoms with E-state index in [1.54, 1.807) is 6.92 Å². The number of halogens is 2. The van der Waals surface area contributed by atoms with E-state index < -0.39 is 12.4 Å². The van der Waals surface area contributed by atoms with Gasteiger partial charge >= 0.3 is 6.29 Å². The topological polar surface area (TPSA) is 56.8 Å². The van der Waals surface area contributed by atoms with Gasteiger partial charge in [0.25, 0.3) is 5.91 Å². The molecule has 1 amide bonds. The molecular formula is C11H11F2NO4. The smallest absolute Gasteiger partial charge is 0.395 e. The molecule has 5 nitrogen and oxygen atoms in total. The summed E-state index contributed by atoms with van der Waals surface area (Å²) in [6, 6.07) is 3.99. The van der Waals surface area contributed by atoms with Crippen molar-refractivity contribution in [2.75, 3.05) is 12.4 Å². The molecule has 0 aliphatic carbocycles. The molecule has 2 rings (SSSR count). The zero-order chi connectivity index (χ0) is 13.3. The summed E-state index contributed by atoms with van der Waals surface area (Å²) in [7, 11) is 1.39. The summed E-state index contributed by atoms with van der Waals surface area (Å²) in [4.78, 5) is 11.5. The van der Waals surface area contributed by atoms with Crippen LogP contribution in [0.3, 0.4) is 0 Å². The van der Waals surface area contributed by atoms with Gasteiger partial charge in [0.15, 0.2) is 11.5 Å². The summed E-state index contributed by atoms with van der Waals surface area (Å²) in [6.07, 6.45) is -4.30. The number of carbonyl (C=O) groups is 1. The number of anilines is 1. The molecule has 7 heteroatoms. The highest BCUT2D eigenvalue weighted by atomic mass is 19.3. The van der Waals surface area contributed by atoms with E-state index >= 15 is 0 Å². The predicted octanol–water partition coefficient (Wildman–Crippen LogP) is 1.98. The minimum Gasteiger partial charge on any atom is -0.395 e. The van der Waals surface area contributed by atoms with Gasteiger partial charge in [-0.25, -0.2) is 0 Å². The number of carbonyl (C=O) groups excluding carboxylic acids is 1. The van der Waals surface area contributed by atoms with Crippen molar-refractivity contribution in [3.8, 4) is 11.5 Å². The van der Waals surface area contributed by atoms with Crippen molar-refractivity contribution in [1.82, 2.24) is 0 Å². The van der Waals surface area contributed by atoms with Gasteiger partial charge in [-0.05, 0) is 19.1 Å². The first kappa shape index (κ1) is 12.6. The Morgan fingerprint density at radius 2 is 2.06 bits per heavy atom. The van der Waals surface area contributed by atoms with Crippen LogP contribution in [0.4, 0.5) is 14.5 Å². The van der Waals surface area contributed by atoms with Crippen LogP contribution in [0.1, 0.15) is 6.92 Å². The van der Waals surface area contributed by atoms with Crippen molar-refractivity contribution >= 4 is 11.6 Å². The zero-order valence-corrected chi connectivity index (χ0v) is 9.70. The third-order valence-corrected chi connectivity index (χ3v) is 2.39. The first-order valence-corrected chi connectivity index (χ1v) is 5.15. The van der Waals surface area contributed by atoms with Gasteiger partial charge in [0.2, 0.25) is 0 Å². The van der Waals surface area contributed by atoms with Gasteiger partial charge in [0.1, 0.15) is 6.10 Å². The number of alkyl halides is 2. The van der Waals surface area contributed by atoms with Gasteiger partial charge in [-0.15, -0.1) is 8.78 Å². The fraction of sp³-hybridized carbons (Fsp3) is 0.364. The Hall–Kier alpha value is -1.89.